The highest BCUT2D eigenvalue weighted by atomic mass is 79.9. The summed E-state index contributed by atoms with van der Waals surface area (Å²) in [5, 5.41) is 0.935. The molecule has 0 fully saturated rings. The van der Waals surface area contributed by atoms with Gasteiger partial charge in [0, 0.05) is 5.33 Å². The van der Waals surface area contributed by atoms with Crippen molar-refractivity contribution in [2.24, 2.45) is 5.73 Å². The molecule has 0 heterocycles. The molecule has 0 amide bonds. The van der Waals surface area contributed by atoms with Crippen LogP contribution in [0.5, 0.6) is 0 Å². The number of rotatable bonds is 4. The van der Waals surface area contributed by atoms with Gasteiger partial charge in [0.25, 0.3) is 0 Å². The zero-order valence-electron chi connectivity index (χ0n) is 7.09. The van der Waals surface area contributed by atoms with Gasteiger partial charge < -0.3 is 5.73 Å². The van der Waals surface area contributed by atoms with E-state index in [9.17, 15) is 0 Å². The summed E-state index contributed by atoms with van der Waals surface area (Å²) in [6.07, 6.45) is 2.17. The van der Waals surface area contributed by atoms with Crippen molar-refractivity contribution in [3.8, 4) is 0 Å². The Labute approximate surface area is 82.1 Å². The molecule has 66 valence electrons. The zero-order chi connectivity index (χ0) is 8.81. The van der Waals surface area contributed by atoms with E-state index in [0.717, 1.165) is 24.7 Å². The van der Waals surface area contributed by atoms with Crippen LogP contribution in [0.25, 0.3) is 0 Å². The lowest BCUT2D eigenvalue weighted by Gasteiger charge is -2.00. The first kappa shape index (κ1) is 9.75. The number of aryl methyl sites for hydroxylation is 1. The molecule has 0 bridgehead atoms. The van der Waals surface area contributed by atoms with Gasteiger partial charge in [0.1, 0.15) is 0 Å². The molecule has 2 heteroatoms. The Kier molecular flexibility index (Phi) is 4.33. The molecule has 2 N–H and O–H groups in total. The van der Waals surface area contributed by atoms with E-state index in [4.69, 9.17) is 5.73 Å². The second kappa shape index (κ2) is 5.33. The Morgan fingerprint density at radius 2 is 1.67 bits per heavy atom. The predicted octanol–water partition coefficient (Wildman–Crippen LogP) is 2.47. The van der Waals surface area contributed by atoms with E-state index in [0.29, 0.717) is 0 Å². The van der Waals surface area contributed by atoms with Crippen LogP contribution in [0.2, 0.25) is 0 Å². The standard InChI is InChI=1S/C10H14BrN/c11-8-10-5-3-9(4-6-10)2-1-7-12/h3-6H,1-2,7-8,12H2. The van der Waals surface area contributed by atoms with Gasteiger partial charge in [0.15, 0.2) is 0 Å². The molecule has 0 aliphatic carbocycles. The lowest BCUT2D eigenvalue weighted by molar-refractivity contribution is 0.832. The number of halogens is 1. The summed E-state index contributed by atoms with van der Waals surface area (Å²) in [6.45, 7) is 0.778. The Morgan fingerprint density at radius 1 is 1.08 bits per heavy atom. The van der Waals surface area contributed by atoms with Crippen molar-refractivity contribution in [2.45, 2.75) is 18.2 Å². The van der Waals surface area contributed by atoms with Gasteiger partial charge >= 0.3 is 0 Å². The summed E-state index contributed by atoms with van der Waals surface area (Å²) < 4.78 is 0. The molecule has 0 aliphatic heterocycles. The fourth-order valence-electron chi connectivity index (χ4n) is 1.10. The van der Waals surface area contributed by atoms with E-state index in [-0.39, 0.29) is 0 Å². The Hall–Kier alpha value is -0.340. The summed E-state index contributed by atoms with van der Waals surface area (Å²) in [4.78, 5) is 0. The number of nitrogens with two attached hydrogens (primary N) is 1. The third-order valence-electron chi connectivity index (χ3n) is 1.85. The van der Waals surface area contributed by atoms with Crippen LogP contribution < -0.4 is 5.73 Å². The minimum Gasteiger partial charge on any atom is -0.330 e. The van der Waals surface area contributed by atoms with Gasteiger partial charge in [-0.05, 0) is 30.5 Å². The molecular weight excluding hydrogens is 214 g/mol. The summed E-state index contributed by atoms with van der Waals surface area (Å²) in [6, 6.07) is 8.65. The van der Waals surface area contributed by atoms with Crippen molar-refractivity contribution in [3.05, 3.63) is 35.4 Å². The average molecular weight is 228 g/mol. The normalized spacial score (nSPS) is 10.2. The molecule has 12 heavy (non-hydrogen) atoms. The van der Waals surface area contributed by atoms with Crippen LogP contribution in [-0.4, -0.2) is 6.54 Å². The predicted molar refractivity (Wildman–Crippen MR) is 56.4 cm³/mol. The first-order valence-electron chi connectivity index (χ1n) is 4.20. The molecule has 0 atom stereocenters. The van der Waals surface area contributed by atoms with Crippen LogP contribution in [0.15, 0.2) is 24.3 Å². The monoisotopic (exact) mass is 227 g/mol. The van der Waals surface area contributed by atoms with Crippen molar-refractivity contribution < 1.29 is 0 Å². The van der Waals surface area contributed by atoms with E-state index >= 15 is 0 Å². The summed E-state index contributed by atoms with van der Waals surface area (Å²) >= 11 is 3.41. The van der Waals surface area contributed by atoms with Gasteiger partial charge in [-0.2, -0.15) is 0 Å². The lowest BCUT2D eigenvalue weighted by Crippen LogP contribution is -2.00. The Morgan fingerprint density at radius 3 is 2.17 bits per heavy atom. The fourth-order valence-corrected chi connectivity index (χ4v) is 1.48. The molecule has 0 spiro atoms. The van der Waals surface area contributed by atoms with Crippen molar-refractivity contribution in [3.63, 3.8) is 0 Å². The molecule has 0 aromatic heterocycles. The Bertz CT molecular complexity index is 218. The molecular formula is C10H14BrN. The van der Waals surface area contributed by atoms with Crippen LogP contribution in [0.1, 0.15) is 17.5 Å². The lowest BCUT2D eigenvalue weighted by atomic mass is 10.1. The van der Waals surface area contributed by atoms with E-state index in [1.165, 1.54) is 11.1 Å². The molecule has 1 aromatic carbocycles. The van der Waals surface area contributed by atoms with Gasteiger partial charge in [-0.1, -0.05) is 40.2 Å². The summed E-state index contributed by atoms with van der Waals surface area (Å²) in [5.41, 5.74) is 8.13. The molecule has 0 radical (unpaired) electrons. The minimum atomic E-state index is 0.778. The van der Waals surface area contributed by atoms with Crippen LogP contribution in [-0.2, 0) is 11.8 Å². The number of benzene rings is 1. The average Bonchev–Trinajstić information content (AvgIpc) is 2.15. The largest absolute Gasteiger partial charge is 0.330 e. The summed E-state index contributed by atoms with van der Waals surface area (Å²) in [7, 11) is 0. The van der Waals surface area contributed by atoms with Gasteiger partial charge in [-0.3, -0.25) is 0 Å². The minimum absolute atomic E-state index is 0.778. The van der Waals surface area contributed by atoms with E-state index in [1.807, 2.05) is 0 Å². The molecule has 1 nitrogen and oxygen atoms in total. The maximum atomic E-state index is 5.42. The highest BCUT2D eigenvalue weighted by molar-refractivity contribution is 9.08. The number of alkyl halides is 1. The van der Waals surface area contributed by atoms with Crippen LogP contribution in [0.3, 0.4) is 0 Å². The second-order valence-corrected chi connectivity index (χ2v) is 3.40. The van der Waals surface area contributed by atoms with Gasteiger partial charge in [-0.15, -0.1) is 0 Å². The van der Waals surface area contributed by atoms with Crippen LogP contribution >= 0.6 is 15.9 Å². The molecule has 0 saturated carbocycles. The quantitative estimate of drug-likeness (QED) is 0.787. The van der Waals surface area contributed by atoms with E-state index in [1.54, 1.807) is 0 Å². The summed E-state index contributed by atoms with van der Waals surface area (Å²) in [5.74, 6) is 0. The number of hydrogen-bond donors (Lipinski definition) is 1. The highest BCUT2D eigenvalue weighted by Gasteiger charge is 1.92. The Balaban J connectivity index is 2.53. The van der Waals surface area contributed by atoms with Gasteiger partial charge in [-0.25, -0.2) is 0 Å². The van der Waals surface area contributed by atoms with E-state index < -0.39 is 0 Å². The molecule has 1 rings (SSSR count). The van der Waals surface area contributed by atoms with Crippen molar-refractivity contribution in [2.75, 3.05) is 6.54 Å². The van der Waals surface area contributed by atoms with Crippen LogP contribution in [0, 0.1) is 0 Å². The zero-order valence-corrected chi connectivity index (χ0v) is 8.68. The number of hydrogen-bond acceptors (Lipinski definition) is 1. The highest BCUT2D eigenvalue weighted by Crippen LogP contribution is 2.08. The molecule has 1 aromatic rings. The maximum absolute atomic E-state index is 5.42. The van der Waals surface area contributed by atoms with Crippen molar-refractivity contribution >= 4 is 15.9 Å². The molecule has 0 saturated heterocycles. The first-order chi connectivity index (χ1) is 5.86. The molecule has 0 unspecified atom stereocenters. The topological polar surface area (TPSA) is 26.0 Å². The van der Waals surface area contributed by atoms with Crippen molar-refractivity contribution in [1.29, 1.82) is 0 Å². The third kappa shape index (κ3) is 2.95. The van der Waals surface area contributed by atoms with Crippen LogP contribution in [0.4, 0.5) is 0 Å². The third-order valence-corrected chi connectivity index (χ3v) is 2.49. The van der Waals surface area contributed by atoms with E-state index in [2.05, 4.69) is 40.2 Å². The van der Waals surface area contributed by atoms with Gasteiger partial charge in [0.2, 0.25) is 0 Å². The van der Waals surface area contributed by atoms with Gasteiger partial charge in [0.05, 0.1) is 0 Å². The smallest absolute Gasteiger partial charge is 0.0283 e. The van der Waals surface area contributed by atoms with Crippen molar-refractivity contribution in [1.82, 2.24) is 0 Å². The fraction of sp³-hybridized carbons (Fsp3) is 0.400. The SMILES string of the molecule is NCCCc1ccc(CBr)cc1. The molecule has 0 aliphatic rings. The second-order valence-electron chi connectivity index (χ2n) is 2.84. The first-order valence-corrected chi connectivity index (χ1v) is 5.33. The maximum Gasteiger partial charge on any atom is 0.0283 e.